The first-order valence-corrected chi connectivity index (χ1v) is 7.21. The fourth-order valence-corrected chi connectivity index (χ4v) is 3.25. The van der Waals surface area contributed by atoms with Crippen LogP contribution in [-0.2, 0) is 13.5 Å². The lowest BCUT2D eigenvalue weighted by Gasteiger charge is -2.09. The molecular weight excluding hydrogens is 322 g/mol. The minimum absolute atomic E-state index is 0.0436. The highest BCUT2D eigenvalue weighted by Crippen LogP contribution is 2.28. The zero-order chi connectivity index (χ0) is 12.6. The highest BCUT2D eigenvalue weighted by molar-refractivity contribution is 9.11. The number of nitrogens with zero attached hydrogens (tertiary/aromatic N) is 2. The van der Waals surface area contributed by atoms with Gasteiger partial charge in [0.05, 0.1) is 9.48 Å². The highest BCUT2D eigenvalue weighted by Gasteiger charge is 2.16. The molecule has 0 aromatic carbocycles. The van der Waals surface area contributed by atoms with Gasteiger partial charge >= 0.3 is 0 Å². The van der Waals surface area contributed by atoms with E-state index in [-0.39, 0.29) is 6.04 Å². The Kier molecular flexibility index (Phi) is 3.92. The molecule has 1 atom stereocenters. The van der Waals surface area contributed by atoms with Gasteiger partial charge in [-0.2, -0.15) is 5.10 Å². The van der Waals surface area contributed by atoms with Gasteiger partial charge in [0.1, 0.15) is 5.15 Å². The van der Waals surface area contributed by atoms with Crippen LogP contribution >= 0.6 is 38.9 Å². The first-order valence-electron chi connectivity index (χ1n) is 5.16. The van der Waals surface area contributed by atoms with E-state index < -0.39 is 0 Å². The van der Waals surface area contributed by atoms with Crippen molar-refractivity contribution in [2.45, 2.75) is 19.4 Å². The average molecular weight is 335 g/mol. The van der Waals surface area contributed by atoms with Gasteiger partial charge in [0.2, 0.25) is 0 Å². The first-order chi connectivity index (χ1) is 7.99. The lowest BCUT2D eigenvalue weighted by atomic mass is 10.0. The Balaban J connectivity index is 2.21. The second-order valence-electron chi connectivity index (χ2n) is 3.97. The third kappa shape index (κ3) is 2.73. The number of hydrogen-bond acceptors (Lipinski definition) is 3. The lowest BCUT2D eigenvalue weighted by molar-refractivity contribution is 0.721. The van der Waals surface area contributed by atoms with Crippen molar-refractivity contribution in [3.05, 3.63) is 37.2 Å². The molecule has 0 fully saturated rings. The van der Waals surface area contributed by atoms with Crippen LogP contribution in [0.1, 0.15) is 22.9 Å². The second-order valence-corrected chi connectivity index (χ2v) is 6.62. The molecule has 2 rings (SSSR count). The van der Waals surface area contributed by atoms with Gasteiger partial charge in [-0.1, -0.05) is 11.6 Å². The van der Waals surface area contributed by atoms with Crippen LogP contribution in [0.3, 0.4) is 0 Å². The Labute approximate surface area is 118 Å². The van der Waals surface area contributed by atoms with Crippen molar-refractivity contribution in [1.82, 2.24) is 9.78 Å². The van der Waals surface area contributed by atoms with Gasteiger partial charge in [-0.05, 0) is 46.3 Å². The van der Waals surface area contributed by atoms with E-state index in [1.165, 1.54) is 0 Å². The summed E-state index contributed by atoms with van der Waals surface area (Å²) in [6.45, 7) is 1.96. The van der Waals surface area contributed by atoms with Gasteiger partial charge in [0.25, 0.3) is 0 Å². The third-order valence-electron chi connectivity index (χ3n) is 2.71. The van der Waals surface area contributed by atoms with Gasteiger partial charge in [0, 0.05) is 18.7 Å². The Hall–Kier alpha value is -0.360. The van der Waals surface area contributed by atoms with Crippen molar-refractivity contribution in [1.29, 1.82) is 0 Å². The van der Waals surface area contributed by atoms with E-state index in [0.717, 1.165) is 20.6 Å². The van der Waals surface area contributed by atoms with E-state index in [1.54, 1.807) is 16.0 Å². The fourth-order valence-electron chi connectivity index (χ4n) is 1.76. The standard InChI is InChI=1S/C11H13BrClN3S/c1-6-8(11(13)16(2)15-6)4-9(14)7-3-10(12)17-5-7/h3,5,9H,4,14H2,1-2H3. The molecule has 0 bridgehead atoms. The summed E-state index contributed by atoms with van der Waals surface area (Å²) in [4.78, 5) is 0. The van der Waals surface area contributed by atoms with Gasteiger partial charge in [-0.3, -0.25) is 4.68 Å². The van der Waals surface area contributed by atoms with E-state index >= 15 is 0 Å². The monoisotopic (exact) mass is 333 g/mol. The molecule has 0 saturated heterocycles. The first kappa shape index (κ1) is 13.1. The van der Waals surface area contributed by atoms with Crippen molar-refractivity contribution in [2.24, 2.45) is 12.8 Å². The molecule has 2 heterocycles. The molecule has 3 nitrogen and oxygen atoms in total. The molecule has 0 aliphatic heterocycles. The predicted octanol–water partition coefficient (Wildman–Crippen LogP) is 3.45. The summed E-state index contributed by atoms with van der Waals surface area (Å²) in [5.41, 5.74) is 9.28. The zero-order valence-corrected chi connectivity index (χ0v) is 12.7. The molecule has 2 aromatic heterocycles. The third-order valence-corrected chi connectivity index (χ3v) is 4.71. The van der Waals surface area contributed by atoms with Crippen LogP contribution in [-0.4, -0.2) is 9.78 Å². The number of rotatable bonds is 3. The number of nitrogens with two attached hydrogens (primary N) is 1. The Morgan fingerprint density at radius 3 is 2.82 bits per heavy atom. The van der Waals surface area contributed by atoms with Crippen LogP contribution in [0.5, 0.6) is 0 Å². The van der Waals surface area contributed by atoms with Gasteiger partial charge in [0.15, 0.2) is 0 Å². The summed E-state index contributed by atoms with van der Waals surface area (Å²) in [6.07, 6.45) is 0.710. The lowest BCUT2D eigenvalue weighted by Crippen LogP contribution is -2.13. The molecule has 0 saturated carbocycles. The number of aryl methyl sites for hydroxylation is 2. The van der Waals surface area contributed by atoms with Crippen LogP contribution in [0.4, 0.5) is 0 Å². The van der Waals surface area contributed by atoms with E-state index in [0.29, 0.717) is 11.6 Å². The van der Waals surface area contributed by atoms with Crippen molar-refractivity contribution in [3.63, 3.8) is 0 Å². The van der Waals surface area contributed by atoms with Crippen LogP contribution in [0.2, 0.25) is 5.15 Å². The molecule has 2 aromatic rings. The molecule has 0 aliphatic rings. The van der Waals surface area contributed by atoms with Gasteiger partial charge < -0.3 is 5.73 Å². The molecule has 2 N–H and O–H groups in total. The Morgan fingerprint density at radius 2 is 2.35 bits per heavy atom. The van der Waals surface area contributed by atoms with Crippen LogP contribution in [0.25, 0.3) is 0 Å². The van der Waals surface area contributed by atoms with E-state index in [4.69, 9.17) is 17.3 Å². The summed E-state index contributed by atoms with van der Waals surface area (Å²) in [6, 6.07) is 2.01. The van der Waals surface area contributed by atoms with Crippen LogP contribution in [0, 0.1) is 6.92 Å². The maximum Gasteiger partial charge on any atom is 0.130 e. The molecule has 0 aliphatic carbocycles. The molecule has 0 amide bonds. The minimum atomic E-state index is -0.0436. The van der Waals surface area contributed by atoms with Crippen molar-refractivity contribution in [2.75, 3.05) is 0 Å². The molecular formula is C11H13BrClN3S. The van der Waals surface area contributed by atoms with E-state index in [1.807, 2.05) is 14.0 Å². The van der Waals surface area contributed by atoms with Gasteiger partial charge in [-0.15, -0.1) is 11.3 Å². The summed E-state index contributed by atoms with van der Waals surface area (Å²) in [5, 5.41) is 7.02. The summed E-state index contributed by atoms with van der Waals surface area (Å²) in [7, 11) is 1.84. The van der Waals surface area contributed by atoms with E-state index in [2.05, 4.69) is 32.5 Å². The smallest absolute Gasteiger partial charge is 0.130 e. The van der Waals surface area contributed by atoms with Crippen LogP contribution < -0.4 is 5.73 Å². The van der Waals surface area contributed by atoms with Crippen molar-refractivity contribution in [3.8, 4) is 0 Å². The second kappa shape index (κ2) is 5.10. The Morgan fingerprint density at radius 1 is 1.65 bits per heavy atom. The summed E-state index contributed by atoms with van der Waals surface area (Å²) >= 11 is 11.3. The van der Waals surface area contributed by atoms with Crippen LogP contribution in [0.15, 0.2) is 15.2 Å². The molecule has 0 radical (unpaired) electrons. The SMILES string of the molecule is Cc1nn(C)c(Cl)c1CC(N)c1csc(Br)c1. The Bertz CT molecular complexity index is 535. The highest BCUT2D eigenvalue weighted by atomic mass is 79.9. The van der Waals surface area contributed by atoms with Gasteiger partial charge in [-0.25, -0.2) is 0 Å². The molecule has 1 unspecified atom stereocenters. The van der Waals surface area contributed by atoms with E-state index in [9.17, 15) is 0 Å². The molecule has 92 valence electrons. The zero-order valence-electron chi connectivity index (χ0n) is 9.58. The molecule has 6 heteroatoms. The summed E-state index contributed by atoms with van der Waals surface area (Å²) in [5.74, 6) is 0. The van der Waals surface area contributed by atoms with Crippen molar-refractivity contribution >= 4 is 38.9 Å². The molecule has 0 spiro atoms. The average Bonchev–Trinajstić information content (AvgIpc) is 2.79. The minimum Gasteiger partial charge on any atom is -0.324 e. The number of thiophene rings is 1. The summed E-state index contributed by atoms with van der Waals surface area (Å²) < 4.78 is 2.78. The number of hydrogen-bond donors (Lipinski definition) is 1. The quantitative estimate of drug-likeness (QED) is 0.934. The largest absolute Gasteiger partial charge is 0.324 e. The van der Waals surface area contributed by atoms with Crippen molar-refractivity contribution < 1.29 is 0 Å². The molecule has 17 heavy (non-hydrogen) atoms. The maximum atomic E-state index is 6.19. The topological polar surface area (TPSA) is 43.8 Å². The number of aromatic nitrogens is 2. The number of halogens is 2. The fraction of sp³-hybridized carbons (Fsp3) is 0.364. The predicted molar refractivity (Wildman–Crippen MR) is 75.6 cm³/mol. The normalized spacial score (nSPS) is 13.0. The maximum absolute atomic E-state index is 6.19.